The molecule has 0 aliphatic carbocycles. The molecular weight excluding hydrogens is 283 g/mol. The highest BCUT2D eigenvalue weighted by Crippen LogP contribution is 2.24. The van der Waals surface area contributed by atoms with E-state index in [4.69, 9.17) is 0 Å². The number of rotatable bonds is 4. The molecule has 1 N–H and O–H groups in total. The molecule has 1 aromatic carbocycles. The molecule has 2 atom stereocenters. The molecule has 116 valence electrons. The summed E-state index contributed by atoms with van der Waals surface area (Å²) in [5, 5.41) is 3.30. The predicted octanol–water partition coefficient (Wildman–Crippen LogP) is 3.55. The molecule has 0 spiro atoms. The van der Waals surface area contributed by atoms with E-state index in [0.29, 0.717) is 17.9 Å². The fourth-order valence-electron chi connectivity index (χ4n) is 2.56. The predicted molar refractivity (Wildman–Crippen MR) is 72.3 cm³/mol. The van der Waals surface area contributed by atoms with E-state index in [1.165, 1.54) is 12.1 Å². The van der Waals surface area contributed by atoms with E-state index >= 15 is 0 Å². The van der Waals surface area contributed by atoms with Crippen molar-refractivity contribution in [1.82, 2.24) is 5.32 Å². The number of hydrogen-bond donors (Lipinski definition) is 1. The van der Waals surface area contributed by atoms with Crippen molar-refractivity contribution in [2.45, 2.75) is 38.6 Å². The number of halogens is 3. The Labute approximate surface area is 121 Å². The first-order chi connectivity index (χ1) is 9.83. The van der Waals surface area contributed by atoms with Crippen LogP contribution in [0.5, 0.6) is 5.75 Å². The van der Waals surface area contributed by atoms with Gasteiger partial charge in [0.05, 0.1) is 0 Å². The fourth-order valence-corrected chi connectivity index (χ4v) is 2.56. The first kappa shape index (κ1) is 15.8. The highest BCUT2D eigenvalue weighted by Gasteiger charge is 2.31. The van der Waals surface area contributed by atoms with Crippen LogP contribution in [0, 0.1) is 5.92 Å². The van der Waals surface area contributed by atoms with Gasteiger partial charge in [-0.25, -0.2) is 0 Å². The van der Waals surface area contributed by atoms with Crippen LogP contribution in [0.15, 0.2) is 24.3 Å². The number of ketones is 1. The Morgan fingerprint density at radius 3 is 2.57 bits per heavy atom. The molecule has 0 aromatic heterocycles. The Bertz CT molecular complexity index is 485. The van der Waals surface area contributed by atoms with Crippen molar-refractivity contribution in [1.29, 1.82) is 0 Å². The van der Waals surface area contributed by atoms with E-state index in [0.717, 1.165) is 31.5 Å². The number of carbonyl (C=O) groups excluding carboxylic acids is 1. The second-order valence-electron chi connectivity index (χ2n) is 5.48. The third kappa shape index (κ3) is 5.04. The summed E-state index contributed by atoms with van der Waals surface area (Å²) in [4.78, 5) is 12.1. The van der Waals surface area contributed by atoms with Gasteiger partial charge in [0.15, 0.2) is 5.78 Å². The molecule has 3 nitrogen and oxygen atoms in total. The average Bonchev–Trinajstić information content (AvgIpc) is 2.37. The number of ether oxygens (including phenoxy) is 1. The van der Waals surface area contributed by atoms with Crippen molar-refractivity contribution < 1.29 is 22.7 Å². The van der Waals surface area contributed by atoms with E-state index in [-0.39, 0.29) is 17.6 Å². The van der Waals surface area contributed by atoms with E-state index in [9.17, 15) is 18.0 Å². The number of Topliss-reactive ketones (excluding diaryl/α,β-unsaturated/α-hetero) is 1. The van der Waals surface area contributed by atoms with Crippen LogP contribution >= 0.6 is 0 Å². The van der Waals surface area contributed by atoms with Gasteiger partial charge >= 0.3 is 6.36 Å². The molecule has 2 unspecified atom stereocenters. The molecule has 21 heavy (non-hydrogen) atoms. The molecule has 0 radical (unpaired) electrons. The summed E-state index contributed by atoms with van der Waals surface area (Å²) in [6, 6.07) is 5.22. The zero-order chi connectivity index (χ0) is 15.5. The van der Waals surface area contributed by atoms with Gasteiger partial charge in [-0.1, -0.05) is 6.92 Å². The van der Waals surface area contributed by atoms with Gasteiger partial charge in [-0.05, 0) is 49.6 Å². The second kappa shape index (κ2) is 6.47. The van der Waals surface area contributed by atoms with Gasteiger partial charge in [0.25, 0.3) is 0 Å². The lowest BCUT2D eigenvalue weighted by atomic mass is 9.90. The summed E-state index contributed by atoms with van der Waals surface area (Å²) in [7, 11) is 0. The van der Waals surface area contributed by atoms with Crippen molar-refractivity contribution >= 4 is 5.78 Å². The quantitative estimate of drug-likeness (QED) is 0.864. The number of benzene rings is 1. The largest absolute Gasteiger partial charge is 0.573 e. The van der Waals surface area contributed by atoms with Crippen LogP contribution in [0.25, 0.3) is 0 Å². The number of hydrogen-bond acceptors (Lipinski definition) is 3. The summed E-state index contributed by atoms with van der Waals surface area (Å²) in [6.07, 6.45) is -2.30. The van der Waals surface area contributed by atoms with E-state index in [1.807, 2.05) is 0 Å². The molecule has 1 heterocycles. The minimum Gasteiger partial charge on any atom is -0.406 e. The summed E-state index contributed by atoms with van der Waals surface area (Å²) < 4.78 is 39.9. The highest BCUT2D eigenvalue weighted by atomic mass is 19.4. The first-order valence-corrected chi connectivity index (χ1v) is 6.96. The van der Waals surface area contributed by atoms with Crippen molar-refractivity contribution in [3.8, 4) is 5.75 Å². The van der Waals surface area contributed by atoms with Gasteiger partial charge in [0.1, 0.15) is 5.75 Å². The Balaban J connectivity index is 1.93. The minimum absolute atomic E-state index is 0.0693. The summed E-state index contributed by atoms with van der Waals surface area (Å²) in [6.45, 7) is 3.05. The molecule has 1 saturated heterocycles. The van der Waals surface area contributed by atoms with Crippen LogP contribution in [0.1, 0.15) is 36.5 Å². The Hall–Kier alpha value is -1.56. The summed E-state index contributed by atoms with van der Waals surface area (Å²) >= 11 is 0. The third-order valence-electron chi connectivity index (χ3n) is 3.60. The van der Waals surface area contributed by atoms with Crippen molar-refractivity contribution in [3.63, 3.8) is 0 Å². The maximum atomic E-state index is 12.1. The SMILES string of the molecule is CC1CCNC(CC(=O)c2ccc(OC(F)(F)F)cc2)C1. The third-order valence-corrected chi connectivity index (χ3v) is 3.60. The average molecular weight is 301 g/mol. The lowest BCUT2D eigenvalue weighted by Gasteiger charge is -2.27. The molecule has 0 saturated carbocycles. The normalized spacial score (nSPS) is 22.9. The fraction of sp³-hybridized carbons (Fsp3) is 0.533. The van der Waals surface area contributed by atoms with Crippen LogP contribution < -0.4 is 10.1 Å². The van der Waals surface area contributed by atoms with Crippen molar-refractivity contribution in [3.05, 3.63) is 29.8 Å². The molecule has 1 aromatic rings. The zero-order valence-corrected chi connectivity index (χ0v) is 11.7. The highest BCUT2D eigenvalue weighted by molar-refractivity contribution is 5.96. The van der Waals surface area contributed by atoms with Gasteiger partial charge in [0, 0.05) is 18.0 Å². The lowest BCUT2D eigenvalue weighted by molar-refractivity contribution is -0.274. The molecule has 1 aliphatic heterocycles. The topological polar surface area (TPSA) is 38.3 Å². The van der Waals surface area contributed by atoms with E-state index in [2.05, 4.69) is 17.0 Å². The molecule has 1 aliphatic rings. The maximum Gasteiger partial charge on any atom is 0.573 e. The van der Waals surface area contributed by atoms with Crippen LogP contribution in [-0.2, 0) is 0 Å². The van der Waals surface area contributed by atoms with Crippen molar-refractivity contribution in [2.75, 3.05) is 6.54 Å². The second-order valence-corrected chi connectivity index (χ2v) is 5.48. The lowest BCUT2D eigenvalue weighted by Crippen LogP contribution is -2.38. The molecular formula is C15H18F3NO2. The number of carbonyl (C=O) groups is 1. The Morgan fingerprint density at radius 2 is 2.00 bits per heavy atom. The van der Waals surface area contributed by atoms with Crippen LogP contribution in [0.3, 0.4) is 0 Å². The van der Waals surface area contributed by atoms with Crippen LogP contribution in [0.2, 0.25) is 0 Å². The summed E-state index contributed by atoms with van der Waals surface area (Å²) in [5.41, 5.74) is 0.407. The standard InChI is InChI=1S/C15H18F3NO2/c1-10-6-7-19-12(8-10)9-14(20)11-2-4-13(5-3-11)21-15(16,17)18/h2-5,10,12,19H,6-9H2,1H3. The minimum atomic E-state index is -4.71. The van der Waals surface area contributed by atoms with Gasteiger partial charge in [-0.2, -0.15) is 0 Å². The molecule has 2 rings (SSSR count). The van der Waals surface area contributed by atoms with Gasteiger partial charge < -0.3 is 10.1 Å². The van der Waals surface area contributed by atoms with Crippen LogP contribution in [-0.4, -0.2) is 24.7 Å². The Kier molecular flexibility index (Phi) is 4.88. The molecule has 1 fully saturated rings. The smallest absolute Gasteiger partial charge is 0.406 e. The monoisotopic (exact) mass is 301 g/mol. The zero-order valence-electron chi connectivity index (χ0n) is 11.7. The van der Waals surface area contributed by atoms with Gasteiger partial charge in [-0.15, -0.1) is 13.2 Å². The Morgan fingerprint density at radius 1 is 1.33 bits per heavy atom. The van der Waals surface area contributed by atoms with Gasteiger partial charge in [-0.3, -0.25) is 4.79 Å². The summed E-state index contributed by atoms with van der Waals surface area (Å²) in [5.74, 6) is 0.204. The molecule has 6 heteroatoms. The number of piperidine rings is 1. The number of nitrogens with one attached hydrogen (secondary N) is 1. The van der Waals surface area contributed by atoms with E-state index < -0.39 is 6.36 Å². The van der Waals surface area contributed by atoms with Crippen LogP contribution in [0.4, 0.5) is 13.2 Å². The maximum absolute atomic E-state index is 12.1. The van der Waals surface area contributed by atoms with Crippen molar-refractivity contribution in [2.24, 2.45) is 5.92 Å². The number of alkyl halides is 3. The molecule has 0 amide bonds. The van der Waals surface area contributed by atoms with Gasteiger partial charge in [0.2, 0.25) is 0 Å². The van der Waals surface area contributed by atoms with E-state index in [1.54, 1.807) is 0 Å². The molecule has 0 bridgehead atoms. The first-order valence-electron chi connectivity index (χ1n) is 6.96.